The Labute approximate surface area is 82.5 Å². The van der Waals surface area contributed by atoms with Crippen LogP contribution in [-0.4, -0.2) is 15.9 Å². The number of aliphatic hydroxyl groups excluding tert-OH is 1. The Bertz CT molecular complexity index is 474. The number of anilines is 1. The molecule has 78 valence electrons. The molecule has 0 aromatic heterocycles. The molecule has 1 aromatic carbocycles. The van der Waals surface area contributed by atoms with Gasteiger partial charge in [0.2, 0.25) is 0 Å². The van der Waals surface area contributed by atoms with Gasteiger partial charge in [-0.2, -0.15) is 0 Å². The third-order valence-corrected chi connectivity index (χ3v) is 2.10. The Hall–Kier alpha value is -2.02. The first kappa shape index (κ1) is 9.53. The summed E-state index contributed by atoms with van der Waals surface area (Å²) < 4.78 is 12.9. The molecule has 0 spiro atoms. The van der Waals surface area contributed by atoms with Crippen molar-refractivity contribution in [3.63, 3.8) is 0 Å². The van der Waals surface area contributed by atoms with Crippen molar-refractivity contribution in [2.24, 2.45) is 0 Å². The number of amides is 1. The lowest BCUT2D eigenvalue weighted by atomic mass is 10.1. The summed E-state index contributed by atoms with van der Waals surface area (Å²) in [5.74, 6) is -1.66. The van der Waals surface area contributed by atoms with E-state index in [9.17, 15) is 24.4 Å². The molecule has 0 bridgehead atoms. The zero-order valence-corrected chi connectivity index (χ0v) is 7.23. The van der Waals surface area contributed by atoms with Crippen LogP contribution in [0.25, 0.3) is 0 Å². The first-order valence-corrected chi connectivity index (χ1v) is 3.97. The molecule has 1 aliphatic heterocycles. The highest BCUT2D eigenvalue weighted by molar-refractivity contribution is 6.04. The molecule has 0 fully saturated rings. The van der Waals surface area contributed by atoms with E-state index in [1.54, 1.807) is 0 Å². The lowest BCUT2D eigenvalue weighted by Gasteiger charge is -2.01. The SMILES string of the molecule is O=C1Nc2c(cc(F)cc2[N+](=O)[O-])C1O. The first-order chi connectivity index (χ1) is 7.00. The van der Waals surface area contributed by atoms with Crippen LogP contribution < -0.4 is 5.32 Å². The second kappa shape index (κ2) is 2.99. The maximum atomic E-state index is 12.9. The number of hydrogen-bond acceptors (Lipinski definition) is 4. The van der Waals surface area contributed by atoms with E-state index in [0.29, 0.717) is 6.07 Å². The molecule has 1 unspecified atom stereocenters. The van der Waals surface area contributed by atoms with Crippen molar-refractivity contribution >= 4 is 17.3 Å². The van der Waals surface area contributed by atoms with Gasteiger partial charge in [-0.3, -0.25) is 14.9 Å². The number of rotatable bonds is 1. The average Bonchev–Trinajstić information content (AvgIpc) is 2.43. The highest BCUT2D eigenvalue weighted by Gasteiger charge is 2.35. The minimum absolute atomic E-state index is 0.105. The zero-order chi connectivity index (χ0) is 11.2. The molecular weight excluding hydrogens is 207 g/mol. The smallest absolute Gasteiger partial charge is 0.296 e. The molecule has 0 saturated heterocycles. The standard InChI is InChI=1S/C8H5FN2O4/c9-3-1-4-6(5(2-3)11(14)15)10-8(13)7(4)12/h1-2,7,12H,(H,10,13). The number of carbonyl (C=O) groups is 1. The molecule has 0 radical (unpaired) electrons. The number of nitrogens with one attached hydrogen (secondary N) is 1. The van der Waals surface area contributed by atoms with Gasteiger partial charge in [-0.15, -0.1) is 0 Å². The third kappa shape index (κ3) is 1.33. The summed E-state index contributed by atoms with van der Waals surface area (Å²) >= 11 is 0. The fourth-order valence-corrected chi connectivity index (χ4v) is 1.44. The number of nitro groups is 1. The molecule has 1 atom stereocenters. The van der Waals surface area contributed by atoms with Crippen LogP contribution in [0.15, 0.2) is 12.1 Å². The molecule has 15 heavy (non-hydrogen) atoms. The summed E-state index contributed by atoms with van der Waals surface area (Å²) in [7, 11) is 0. The lowest BCUT2D eigenvalue weighted by Crippen LogP contribution is -2.10. The number of benzene rings is 1. The van der Waals surface area contributed by atoms with Gasteiger partial charge in [-0.05, 0) is 6.07 Å². The number of carbonyl (C=O) groups excluding carboxylic acids is 1. The van der Waals surface area contributed by atoms with Crippen LogP contribution in [0.1, 0.15) is 11.7 Å². The van der Waals surface area contributed by atoms with Crippen LogP contribution in [0.3, 0.4) is 0 Å². The van der Waals surface area contributed by atoms with E-state index < -0.39 is 28.4 Å². The van der Waals surface area contributed by atoms with Gasteiger partial charge < -0.3 is 10.4 Å². The van der Waals surface area contributed by atoms with Crippen LogP contribution in [0, 0.1) is 15.9 Å². The number of nitro benzene ring substituents is 1. The predicted molar refractivity (Wildman–Crippen MR) is 46.6 cm³/mol. The summed E-state index contributed by atoms with van der Waals surface area (Å²) in [6, 6.07) is 1.59. The van der Waals surface area contributed by atoms with Crippen molar-refractivity contribution in [2.75, 3.05) is 5.32 Å². The van der Waals surface area contributed by atoms with Crippen LogP contribution in [0.2, 0.25) is 0 Å². The van der Waals surface area contributed by atoms with Gasteiger partial charge in [0, 0.05) is 5.56 Å². The molecule has 2 N–H and O–H groups in total. The monoisotopic (exact) mass is 212 g/mol. The van der Waals surface area contributed by atoms with Gasteiger partial charge >= 0.3 is 0 Å². The molecule has 1 aromatic rings. The molecule has 1 amide bonds. The highest BCUT2D eigenvalue weighted by Crippen LogP contribution is 2.38. The highest BCUT2D eigenvalue weighted by atomic mass is 19.1. The zero-order valence-electron chi connectivity index (χ0n) is 7.23. The Kier molecular flexibility index (Phi) is 1.90. The molecule has 1 heterocycles. The quantitative estimate of drug-likeness (QED) is 0.529. The number of nitrogens with zero attached hydrogens (tertiary/aromatic N) is 1. The van der Waals surface area contributed by atoms with Crippen LogP contribution in [0.4, 0.5) is 15.8 Å². The van der Waals surface area contributed by atoms with Crippen molar-refractivity contribution in [3.05, 3.63) is 33.6 Å². The van der Waals surface area contributed by atoms with Crippen LogP contribution in [-0.2, 0) is 4.79 Å². The summed E-state index contributed by atoms with van der Waals surface area (Å²) in [5, 5.41) is 21.9. The maximum Gasteiger partial charge on any atom is 0.296 e. The molecule has 1 aliphatic rings. The summed E-state index contributed by atoms with van der Waals surface area (Å²) in [6.45, 7) is 0. The number of aliphatic hydroxyl groups is 1. The fourth-order valence-electron chi connectivity index (χ4n) is 1.44. The van der Waals surface area contributed by atoms with Crippen molar-refractivity contribution in [1.29, 1.82) is 0 Å². The summed E-state index contributed by atoms with van der Waals surface area (Å²) in [4.78, 5) is 20.7. The number of fused-ring (bicyclic) bond motifs is 1. The Morgan fingerprint density at radius 1 is 1.53 bits per heavy atom. The predicted octanol–water partition coefficient (Wildman–Crippen LogP) is 0.719. The first-order valence-electron chi connectivity index (χ1n) is 3.97. The van der Waals surface area contributed by atoms with Gasteiger partial charge in [-0.25, -0.2) is 4.39 Å². The van der Waals surface area contributed by atoms with Crippen molar-refractivity contribution in [1.82, 2.24) is 0 Å². The summed E-state index contributed by atoms with van der Waals surface area (Å²) in [6.07, 6.45) is -1.55. The molecule has 6 nitrogen and oxygen atoms in total. The fraction of sp³-hybridized carbons (Fsp3) is 0.125. The van der Waals surface area contributed by atoms with Crippen LogP contribution in [0.5, 0.6) is 0 Å². The molecule has 0 aliphatic carbocycles. The van der Waals surface area contributed by atoms with Crippen LogP contribution >= 0.6 is 0 Å². The van der Waals surface area contributed by atoms with E-state index in [1.165, 1.54) is 0 Å². The molecular formula is C8H5FN2O4. The van der Waals surface area contributed by atoms with Gasteiger partial charge in [0.15, 0.2) is 6.10 Å². The van der Waals surface area contributed by atoms with E-state index in [0.717, 1.165) is 6.07 Å². The Morgan fingerprint density at radius 3 is 2.80 bits per heavy atom. The van der Waals surface area contributed by atoms with E-state index >= 15 is 0 Å². The van der Waals surface area contributed by atoms with Gasteiger partial charge in [0.05, 0.1) is 11.0 Å². The minimum Gasteiger partial charge on any atom is -0.378 e. The Balaban J connectivity index is 2.67. The van der Waals surface area contributed by atoms with E-state index in [4.69, 9.17) is 0 Å². The normalized spacial score (nSPS) is 18.5. The maximum absolute atomic E-state index is 12.9. The van der Waals surface area contributed by atoms with E-state index in [1.807, 2.05) is 0 Å². The number of hydrogen-bond donors (Lipinski definition) is 2. The summed E-state index contributed by atoms with van der Waals surface area (Å²) in [5.41, 5.74) is -0.805. The number of halogens is 1. The van der Waals surface area contributed by atoms with E-state index in [2.05, 4.69) is 5.32 Å². The third-order valence-electron chi connectivity index (χ3n) is 2.10. The van der Waals surface area contributed by atoms with E-state index in [-0.39, 0.29) is 11.3 Å². The van der Waals surface area contributed by atoms with Gasteiger partial charge in [0.25, 0.3) is 11.6 Å². The topological polar surface area (TPSA) is 92.5 Å². The van der Waals surface area contributed by atoms with Crippen molar-refractivity contribution in [2.45, 2.75) is 6.10 Å². The van der Waals surface area contributed by atoms with Crippen molar-refractivity contribution < 1.29 is 19.2 Å². The van der Waals surface area contributed by atoms with Gasteiger partial charge in [-0.1, -0.05) is 0 Å². The Morgan fingerprint density at radius 2 is 2.20 bits per heavy atom. The molecule has 2 rings (SSSR count). The average molecular weight is 212 g/mol. The lowest BCUT2D eigenvalue weighted by molar-refractivity contribution is -0.384. The second-order valence-corrected chi connectivity index (χ2v) is 3.04. The second-order valence-electron chi connectivity index (χ2n) is 3.04. The molecule has 0 saturated carbocycles. The minimum atomic E-state index is -1.55. The molecule has 7 heteroatoms. The largest absolute Gasteiger partial charge is 0.378 e. The van der Waals surface area contributed by atoms with Gasteiger partial charge in [0.1, 0.15) is 11.5 Å². The van der Waals surface area contributed by atoms with Crippen molar-refractivity contribution in [3.8, 4) is 0 Å².